The van der Waals surface area contributed by atoms with Gasteiger partial charge >= 0.3 is 0 Å². The molecule has 0 aliphatic carbocycles. The van der Waals surface area contributed by atoms with Gasteiger partial charge in [0.2, 0.25) is 0 Å². The summed E-state index contributed by atoms with van der Waals surface area (Å²) in [5.41, 5.74) is 0. The van der Waals surface area contributed by atoms with Crippen LogP contribution in [0, 0.1) is 0 Å². The molecule has 3 heterocycles. The van der Waals surface area contributed by atoms with E-state index in [-0.39, 0.29) is 12.8 Å². The Morgan fingerprint density at radius 3 is 2.15 bits per heavy atom. The Morgan fingerprint density at radius 1 is 1.08 bits per heavy atom. The second kappa shape index (κ2) is 2.71. The third kappa shape index (κ3) is 1.02. The van der Waals surface area contributed by atoms with E-state index < -0.39 is 48.4 Å². The Labute approximate surface area is 91.4 Å². The Kier molecular flexibility index (Phi) is 0.727. The van der Waals surface area contributed by atoms with Gasteiger partial charge in [-0.05, 0) is 0 Å². The second-order valence-electron chi connectivity index (χ2n) is 4.26. The normalized spacial score (nSPS) is 71.9. The van der Waals surface area contributed by atoms with Gasteiger partial charge in [-0.3, -0.25) is 0 Å². The summed E-state index contributed by atoms with van der Waals surface area (Å²) in [5, 5.41) is 9.89. The Hall–Kier alpha value is -0.0800. The molecular weight excluding hydrogens is 162 g/mol. The summed E-state index contributed by atoms with van der Waals surface area (Å²) in [6.45, 7) is -5.35. The van der Waals surface area contributed by atoms with E-state index in [4.69, 9.17) is 11.0 Å². The van der Waals surface area contributed by atoms with Crippen LogP contribution < -0.4 is 0 Å². The van der Waals surface area contributed by atoms with E-state index in [0.29, 0.717) is 12.8 Å². The van der Waals surface area contributed by atoms with E-state index in [2.05, 4.69) is 0 Å². The first-order valence-electron chi connectivity index (χ1n) is 8.92. The maximum atomic E-state index is 9.89. The van der Waals surface area contributed by atoms with Crippen LogP contribution >= 0.6 is 0 Å². The van der Waals surface area contributed by atoms with Gasteiger partial charge in [0.1, 0.15) is 0 Å². The first-order valence-corrected chi connectivity index (χ1v) is 4.92. The molecule has 0 aromatic rings. The molecule has 3 saturated heterocycles. The van der Waals surface area contributed by atoms with E-state index >= 15 is 0 Å². The highest BCUT2D eigenvalue weighted by Gasteiger charge is 2.54. The van der Waals surface area contributed by atoms with E-state index in [1.165, 1.54) is 0 Å². The molecule has 3 aliphatic heterocycles. The van der Waals surface area contributed by atoms with Gasteiger partial charge in [0.15, 0.2) is 0 Å². The summed E-state index contributed by atoms with van der Waals surface area (Å²) >= 11 is 0. The number of quaternary nitrogens is 1. The maximum Gasteiger partial charge on any atom is 0.0924 e. The summed E-state index contributed by atoms with van der Waals surface area (Å²) in [4.78, 5) is 0. The Morgan fingerprint density at radius 2 is 1.62 bits per heavy atom. The predicted octanol–water partition coefficient (Wildman–Crippen LogP) is 1.28. The number of nitrogens with zero attached hydrogens (tertiary/aromatic N) is 1. The zero-order valence-corrected chi connectivity index (χ0v) is 7.45. The summed E-state index contributed by atoms with van der Waals surface area (Å²) in [6, 6.07) is -1.17. The molecule has 2 heteroatoms. The Balaban J connectivity index is 2.27. The molecule has 2 atom stereocenters. The maximum absolute atomic E-state index is 9.89. The average molecular weight is 190 g/mol. The van der Waals surface area contributed by atoms with Crippen molar-refractivity contribution in [2.45, 2.75) is 56.6 Å². The third-order valence-corrected chi connectivity index (χ3v) is 3.62. The lowest BCUT2D eigenvalue weighted by Gasteiger charge is -2.46. The highest BCUT2D eigenvalue weighted by Crippen LogP contribution is 2.45. The second-order valence-corrected chi connectivity index (χ2v) is 4.26. The lowest BCUT2D eigenvalue weighted by molar-refractivity contribution is -0.956. The number of aliphatic hydroxyl groups excluding tert-OH is 1. The molecule has 3 rings (SSSR count). The van der Waals surface area contributed by atoms with E-state index in [0.717, 1.165) is 0 Å². The van der Waals surface area contributed by atoms with Crippen LogP contribution in [0.25, 0.3) is 0 Å². The SMILES string of the molecule is [2H]C1([2H])C([2H])([2H])C([2H])([2H])[N+]2([C@H]3CC[C@H]2CC(O)C3)C1([2H])[2H]. The Bertz CT molecular complexity index is 437. The quantitative estimate of drug-likeness (QED) is 0.571. The van der Waals surface area contributed by atoms with Crippen LogP contribution in [0.5, 0.6) is 0 Å². The van der Waals surface area contributed by atoms with Crippen molar-refractivity contribution in [1.29, 1.82) is 0 Å². The van der Waals surface area contributed by atoms with Gasteiger partial charge < -0.3 is 9.59 Å². The first-order chi connectivity index (χ1) is 9.35. The van der Waals surface area contributed by atoms with Gasteiger partial charge in [-0.15, -0.1) is 0 Å². The molecule has 74 valence electrons. The zero-order chi connectivity index (χ0) is 16.1. The fraction of sp³-hybridized carbons (Fsp3) is 1.00. The number of piperidine rings is 1. The monoisotopic (exact) mass is 190 g/mol. The van der Waals surface area contributed by atoms with Crippen LogP contribution in [0.4, 0.5) is 0 Å². The van der Waals surface area contributed by atoms with Crippen molar-refractivity contribution >= 4 is 0 Å². The third-order valence-electron chi connectivity index (χ3n) is 3.62. The van der Waals surface area contributed by atoms with E-state index in [1.54, 1.807) is 0 Å². The largest absolute Gasteiger partial charge is 0.393 e. The molecule has 0 unspecified atom stereocenters. The van der Waals surface area contributed by atoms with Crippen LogP contribution in [-0.2, 0) is 0 Å². The van der Waals surface area contributed by atoms with Gasteiger partial charge in [-0.2, -0.15) is 0 Å². The summed E-state index contributed by atoms with van der Waals surface area (Å²) in [6.07, 6.45) is -5.14. The summed E-state index contributed by atoms with van der Waals surface area (Å²) < 4.78 is 64.3. The molecule has 13 heavy (non-hydrogen) atoms. The van der Waals surface area contributed by atoms with E-state index in [9.17, 15) is 5.11 Å². The lowest BCUT2D eigenvalue weighted by Crippen LogP contribution is -2.59. The predicted molar refractivity (Wildman–Crippen MR) is 51.3 cm³/mol. The molecule has 0 radical (unpaired) electrons. The number of hydrogen-bond donors (Lipinski definition) is 1. The average Bonchev–Trinajstić information content (AvgIpc) is 2.59. The minimum Gasteiger partial charge on any atom is -0.393 e. The van der Waals surface area contributed by atoms with Gasteiger partial charge in [0, 0.05) is 43.9 Å². The van der Waals surface area contributed by atoms with Gasteiger partial charge in [-0.1, -0.05) is 0 Å². The highest BCUT2D eigenvalue weighted by atomic mass is 16.3. The van der Waals surface area contributed by atoms with Crippen LogP contribution in [0.1, 0.15) is 49.4 Å². The summed E-state index contributed by atoms with van der Waals surface area (Å²) in [7, 11) is 0. The minimum absolute atomic E-state index is 0.196. The van der Waals surface area contributed by atoms with Crippen molar-refractivity contribution in [3.05, 3.63) is 0 Å². The zero-order valence-electron chi connectivity index (χ0n) is 15.5. The fourth-order valence-corrected chi connectivity index (χ4v) is 3.02. The smallest absolute Gasteiger partial charge is 0.0924 e. The van der Waals surface area contributed by atoms with Gasteiger partial charge in [0.05, 0.1) is 36.7 Å². The minimum atomic E-state index is -2.94. The van der Waals surface area contributed by atoms with Crippen molar-refractivity contribution in [3.8, 4) is 0 Å². The van der Waals surface area contributed by atoms with Crippen LogP contribution in [0.2, 0.25) is 0 Å². The molecule has 1 spiro atoms. The van der Waals surface area contributed by atoms with Crippen molar-refractivity contribution in [2.24, 2.45) is 0 Å². The van der Waals surface area contributed by atoms with Crippen molar-refractivity contribution in [3.63, 3.8) is 0 Å². The standard InChI is InChI=1S/C11H20NO/c13-11-7-9-3-4-10(8-11)12(9)5-1-2-6-12/h9-11,13H,1-8H2/q+1/t9-,10-/m0/s1/i1D2,2D2,5D2,6D2. The highest BCUT2D eigenvalue weighted by molar-refractivity contribution is 4.87. The van der Waals surface area contributed by atoms with Gasteiger partial charge in [-0.25, -0.2) is 0 Å². The molecule has 0 aromatic heterocycles. The van der Waals surface area contributed by atoms with E-state index in [1.807, 2.05) is 0 Å². The van der Waals surface area contributed by atoms with Gasteiger partial charge in [0.25, 0.3) is 0 Å². The molecule has 2 bridgehead atoms. The van der Waals surface area contributed by atoms with Crippen molar-refractivity contribution < 1.29 is 20.6 Å². The molecule has 3 fully saturated rings. The fourth-order valence-electron chi connectivity index (χ4n) is 3.02. The topological polar surface area (TPSA) is 20.2 Å². The molecular formula is C11H20NO+. The van der Waals surface area contributed by atoms with Crippen LogP contribution in [0.3, 0.4) is 0 Å². The molecule has 2 nitrogen and oxygen atoms in total. The van der Waals surface area contributed by atoms with Crippen LogP contribution in [-0.4, -0.2) is 40.8 Å². The molecule has 0 saturated carbocycles. The molecule has 0 amide bonds. The molecule has 3 aliphatic rings. The lowest BCUT2D eigenvalue weighted by atomic mass is 9.97. The number of hydrogen-bond acceptors (Lipinski definition) is 1. The van der Waals surface area contributed by atoms with Crippen LogP contribution in [0.15, 0.2) is 0 Å². The molecule has 0 aromatic carbocycles. The molecule has 1 N–H and O–H groups in total. The number of rotatable bonds is 0. The first kappa shape index (κ1) is 3.49. The van der Waals surface area contributed by atoms with Crippen molar-refractivity contribution in [1.82, 2.24) is 0 Å². The van der Waals surface area contributed by atoms with Crippen molar-refractivity contribution in [2.75, 3.05) is 13.0 Å². The summed E-state index contributed by atoms with van der Waals surface area (Å²) in [5.74, 6) is 0. The number of aliphatic hydroxyl groups is 1.